The third-order valence-corrected chi connectivity index (χ3v) is 2.77. The Labute approximate surface area is 110 Å². The maximum atomic E-state index is 11.7. The predicted octanol–water partition coefficient (Wildman–Crippen LogP) is 2.61. The second kappa shape index (κ2) is 6.21. The highest BCUT2D eigenvalue weighted by Crippen LogP contribution is 2.20. The van der Waals surface area contributed by atoms with Crippen LogP contribution in [0.5, 0.6) is 0 Å². The average molecular weight is 303 g/mol. The normalized spacial score (nSPS) is 14.7. The lowest BCUT2D eigenvalue weighted by atomic mass is 10.2. The molecule has 0 aliphatic rings. The molecular formula is C12H19BrN2O2. The number of hydrogen-bond donors (Lipinski definition) is 2. The van der Waals surface area contributed by atoms with E-state index in [1.54, 1.807) is 0 Å². The molecule has 1 amide bonds. The van der Waals surface area contributed by atoms with Crippen LogP contribution < -0.4 is 10.6 Å². The molecule has 0 radical (unpaired) electrons. The maximum Gasteiger partial charge on any atom is 0.237 e. The second-order valence-corrected chi connectivity index (χ2v) is 5.20. The SMILES string of the molecule is CC(C)NC(=O)C(C)NC(C)c1ccc(Br)o1. The van der Waals surface area contributed by atoms with E-state index in [1.807, 2.05) is 39.8 Å². The number of furan rings is 1. The first-order chi connectivity index (χ1) is 7.90. The fourth-order valence-corrected chi connectivity index (χ4v) is 1.82. The van der Waals surface area contributed by atoms with Gasteiger partial charge in [-0.05, 0) is 55.8 Å². The van der Waals surface area contributed by atoms with E-state index in [2.05, 4.69) is 26.6 Å². The van der Waals surface area contributed by atoms with Gasteiger partial charge in [-0.1, -0.05) is 0 Å². The Hall–Kier alpha value is -0.810. The first-order valence-electron chi connectivity index (χ1n) is 5.71. The molecule has 0 aromatic carbocycles. The van der Waals surface area contributed by atoms with E-state index in [0.29, 0.717) is 4.67 Å². The summed E-state index contributed by atoms with van der Waals surface area (Å²) in [5.74, 6) is 0.804. The molecule has 0 fully saturated rings. The molecule has 2 atom stereocenters. The summed E-state index contributed by atoms with van der Waals surface area (Å²) < 4.78 is 6.12. The molecule has 0 spiro atoms. The van der Waals surface area contributed by atoms with Crippen molar-refractivity contribution >= 4 is 21.8 Å². The molecule has 1 aromatic rings. The first-order valence-corrected chi connectivity index (χ1v) is 6.51. The van der Waals surface area contributed by atoms with Gasteiger partial charge in [-0.25, -0.2) is 0 Å². The van der Waals surface area contributed by atoms with Gasteiger partial charge in [0.05, 0.1) is 12.1 Å². The third-order valence-electron chi connectivity index (χ3n) is 2.34. The number of nitrogens with one attached hydrogen (secondary N) is 2. The van der Waals surface area contributed by atoms with Gasteiger partial charge >= 0.3 is 0 Å². The third kappa shape index (κ3) is 4.52. The highest BCUT2D eigenvalue weighted by atomic mass is 79.9. The molecule has 96 valence electrons. The van der Waals surface area contributed by atoms with Crippen molar-refractivity contribution in [3.63, 3.8) is 0 Å². The molecule has 2 N–H and O–H groups in total. The Morgan fingerprint density at radius 3 is 2.41 bits per heavy atom. The second-order valence-electron chi connectivity index (χ2n) is 4.42. The lowest BCUT2D eigenvalue weighted by Crippen LogP contribution is -2.45. The molecule has 5 heteroatoms. The monoisotopic (exact) mass is 302 g/mol. The van der Waals surface area contributed by atoms with Gasteiger partial charge in [-0.2, -0.15) is 0 Å². The predicted molar refractivity (Wildman–Crippen MR) is 70.7 cm³/mol. The molecule has 1 heterocycles. The Kier molecular flexibility index (Phi) is 5.21. The van der Waals surface area contributed by atoms with Crippen molar-refractivity contribution in [3.05, 3.63) is 22.6 Å². The van der Waals surface area contributed by atoms with Crippen LogP contribution in [0.2, 0.25) is 0 Å². The van der Waals surface area contributed by atoms with Crippen LogP contribution in [0, 0.1) is 0 Å². The van der Waals surface area contributed by atoms with Crippen molar-refractivity contribution in [3.8, 4) is 0 Å². The standard InChI is InChI=1S/C12H19BrN2O2/c1-7(2)14-12(16)9(4)15-8(3)10-5-6-11(13)17-10/h5-9,15H,1-4H3,(H,14,16). The smallest absolute Gasteiger partial charge is 0.237 e. The minimum atomic E-state index is -0.253. The molecule has 0 aliphatic carbocycles. The quantitative estimate of drug-likeness (QED) is 0.879. The average Bonchev–Trinajstić information content (AvgIpc) is 2.63. The summed E-state index contributed by atoms with van der Waals surface area (Å²) in [4.78, 5) is 11.7. The van der Waals surface area contributed by atoms with E-state index < -0.39 is 0 Å². The van der Waals surface area contributed by atoms with Crippen molar-refractivity contribution in [1.82, 2.24) is 10.6 Å². The lowest BCUT2D eigenvalue weighted by Gasteiger charge is -2.19. The number of amides is 1. The van der Waals surface area contributed by atoms with Gasteiger partial charge in [0.1, 0.15) is 5.76 Å². The van der Waals surface area contributed by atoms with E-state index in [0.717, 1.165) is 5.76 Å². The van der Waals surface area contributed by atoms with E-state index in [1.165, 1.54) is 0 Å². The van der Waals surface area contributed by atoms with Gasteiger partial charge in [-0.3, -0.25) is 10.1 Å². The van der Waals surface area contributed by atoms with E-state index in [-0.39, 0.29) is 24.0 Å². The molecule has 4 nitrogen and oxygen atoms in total. The number of halogens is 1. The zero-order chi connectivity index (χ0) is 13.0. The fraction of sp³-hybridized carbons (Fsp3) is 0.583. The summed E-state index contributed by atoms with van der Waals surface area (Å²) in [5.41, 5.74) is 0. The fourth-order valence-electron chi connectivity index (χ4n) is 1.50. The van der Waals surface area contributed by atoms with E-state index in [9.17, 15) is 4.79 Å². The van der Waals surface area contributed by atoms with Crippen molar-refractivity contribution in [2.24, 2.45) is 0 Å². The summed E-state index contributed by atoms with van der Waals surface area (Å²) in [6.07, 6.45) is 0. The number of carbonyl (C=O) groups excluding carboxylic acids is 1. The van der Waals surface area contributed by atoms with Gasteiger partial charge in [0.15, 0.2) is 4.67 Å². The van der Waals surface area contributed by atoms with Crippen LogP contribution in [0.15, 0.2) is 21.2 Å². The van der Waals surface area contributed by atoms with Crippen LogP contribution in [-0.4, -0.2) is 18.0 Å². The first kappa shape index (κ1) is 14.3. The van der Waals surface area contributed by atoms with Gasteiger partial charge in [0.2, 0.25) is 5.91 Å². The summed E-state index contributed by atoms with van der Waals surface area (Å²) in [7, 11) is 0. The summed E-state index contributed by atoms with van der Waals surface area (Å²) in [6.45, 7) is 7.69. The number of carbonyl (C=O) groups is 1. The van der Waals surface area contributed by atoms with Gasteiger partial charge in [0, 0.05) is 6.04 Å². The van der Waals surface area contributed by atoms with Crippen LogP contribution >= 0.6 is 15.9 Å². The summed E-state index contributed by atoms with van der Waals surface area (Å²) in [5, 5.41) is 6.05. The minimum absolute atomic E-state index is 0.00234. The Morgan fingerprint density at radius 1 is 1.29 bits per heavy atom. The lowest BCUT2D eigenvalue weighted by molar-refractivity contribution is -0.123. The van der Waals surface area contributed by atoms with Crippen molar-refractivity contribution < 1.29 is 9.21 Å². The van der Waals surface area contributed by atoms with E-state index >= 15 is 0 Å². The molecule has 0 bridgehead atoms. The van der Waals surface area contributed by atoms with Crippen LogP contribution in [-0.2, 0) is 4.79 Å². The van der Waals surface area contributed by atoms with E-state index in [4.69, 9.17) is 4.42 Å². The largest absolute Gasteiger partial charge is 0.453 e. The zero-order valence-electron chi connectivity index (χ0n) is 10.6. The molecule has 1 aromatic heterocycles. The molecule has 2 unspecified atom stereocenters. The van der Waals surface area contributed by atoms with Gasteiger partial charge in [-0.15, -0.1) is 0 Å². The molecule has 0 aliphatic heterocycles. The molecular weight excluding hydrogens is 284 g/mol. The Bertz CT molecular complexity index is 376. The maximum absolute atomic E-state index is 11.7. The van der Waals surface area contributed by atoms with Crippen molar-refractivity contribution in [2.45, 2.75) is 45.8 Å². The van der Waals surface area contributed by atoms with Crippen molar-refractivity contribution in [2.75, 3.05) is 0 Å². The van der Waals surface area contributed by atoms with Crippen LogP contribution in [0.1, 0.15) is 39.5 Å². The molecule has 0 saturated carbocycles. The van der Waals surface area contributed by atoms with Crippen LogP contribution in [0.3, 0.4) is 0 Å². The summed E-state index contributed by atoms with van der Waals surface area (Å²) >= 11 is 3.25. The van der Waals surface area contributed by atoms with Crippen LogP contribution in [0.25, 0.3) is 0 Å². The van der Waals surface area contributed by atoms with Gasteiger partial charge < -0.3 is 9.73 Å². The van der Waals surface area contributed by atoms with Crippen LogP contribution in [0.4, 0.5) is 0 Å². The van der Waals surface area contributed by atoms with Gasteiger partial charge in [0.25, 0.3) is 0 Å². The minimum Gasteiger partial charge on any atom is -0.453 e. The number of rotatable bonds is 5. The highest BCUT2D eigenvalue weighted by molar-refractivity contribution is 9.10. The number of hydrogen-bond acceptors (Lipinski definition) is 3. The topological polar surface area (TPSA) is 54.3 Å². The Balaban J connectivity index is 2.51. The molecule has 0 saturated heterocycles. The van der Waals surface area contributed by atoms with Crippen molar-refractivity contribution in [1.29, 1.82) is 0 Å². The summed E-state index contributed by atoms with van der Waals surface area (Å²) in [6, 6.07) is 3.62. The highest BCUT2D eigenvalue weighted by Gasteiger charge is 2.18. The molecule has 17 heavy (non-hydrogen) atoms. The molecule has 1 rings (SSSR count). The Morgan fingerprint density at radius 2 is 1.94 bits per heavy atom. The zero-order valence-corrected chi connectivity index (χ0v) is 12.2.